The highest BCUT2D eigenvalue weighted by Gasteiger charge is 2.23. The van der Waals surface area contributed by atoms with Gasteiger partial charge in [-0.05, 0) is 41.7 Å². The Bertz CT molecular complexity index is 1140. The fourth-order valence-corrected chi connectivity index (χ4v) is 3.54. The summed E-state index contributed by atoms with van der Waals surface area (Å²) in [6, 6.07) is 7.87. The Morgan fingerprint density at radius 1 is 1.20 bits per heavy atom. The number of nitrogens with zero attached hydrogens (tertiary/aromatic N) is 2. The van der Waals surface area contributed by atoms with E-state index in [9.17, 15) is 24.2 Å². The molecule has 0 spiro atoms. The van der Waals surface area contributed by atoms with Gasteiger partial charge >= 0.3 is 0 Å². The number of amides is 1. The van der Waals surface area contributed by atoms with E-state index in [1.54, 1.807) is 24.4 Å². The zero-order valence-corrected chi connectivity index (χ0v) is 16.8. The minimum Gasteiger partial charge on any atom is -0.368 e. The maximum Gasteiger partial charge on any atom is 0.264 e. The third kappa shape index (κ3) is 4.55. The summed E-state index contributed by atoms with van der Waals surface area (Å²) in [7, 11) is 0. The number of hydrogen-bond acceptors (Lipinski definition) is 5. The number of aliphatic hydroxyl groups excluding tert-OH is 1. The van der Waals surface area contributed by atoms with Gasteiger partial charge in [0.2, 0.25) is 0 Å². The molecule has 8 heteroatoms. The summed E-state index contributed by atoms with van der Waals surface area (Å²) in [4.78, 5) is 29.6. The minimum absolute atomic E-state index is 0.0988. The second kappa shape index (κ2) is 8.73. The van der Waals surface area contributed by atoms with Crippen LogP contribution in [0.5, 0.6) is 0 Å². The highest BCUT2D eigenvalue weighted by Crippen LogP contribution is 2.23. The van der Waals surface area contributed by atoms with Gasteiger partial charge in [-0.2, -0.15) is 0 Å². The van der Waals surface area contributed by atoms with Gasteiger partial charge in [-0.1, -0.05) is 26.0 Å². The van der Waals surface area contributed by atoms with Gasteiger partial charge in [0.05, 0.1) is 11.0 Å². The van der Waals surface area contributed by atoms with Crippen LogP contribution < -0.4 is 11.3 Å². The summed E-state index contributed by atoms with van der Waals surface area (Å²) in [5, 5.41) is 19.0. The van der Waals surface area contributed by atoms with Crippen molar-refractivity contribution in [1.82, 2.24) is 9.55 Å². The van der Waals surface area contributed by atoms with E-state index in [1.807, 2.05) is 13.8 Å². The molecule has 30 heavy (non-hydrogen) atoms. The van der Waals surface area contributed by atoms with E-state index >= 15 is 0 Å². The van der Waals surface area contributed by atoms with Gasteiger partial charge in [-0.3, -0.25) is 14.6 Å². The monoisotopic (exact) mass is 413 g/mol. The minimum atomic E-state index is -1.77. The summed E-state index contributed by atoms with van der Waals surface area (Å²) < 4.78 is 14.6. The molecule has 0 aliphatic rings. The number of nitrogens with two attached hydrogens (primary N) is 1. The van der Waals surface area contributed by atoms with Gasteiger partial charge in [-0.25, -0.2) is 4.39 Å². The van der Waals surface area contributed by atoms with Crippen LogP contribution in [0, 0.1) is 11.7 Å². The van der Waals surface area contributed by atoms with Crippen LogP contribution in [0.2, 0.25) is 0 Å². The maximum atomic E-state index is 13.2. The number of aromatic nitrogens is 2. The standard InChI is InChI=1S/C22H24FN3O4/c1-12(2)11-26-17-8-14(7-13-3-5-15(23)6-4-13)10-25-20(17)16(9-18(27)28)19(21(24)29)22(26)30/h3-6,8,10,12,18,27-28H,7,9,11H2,1-2H3,(H2,24,29). The number of carbonyl (C=O) groups excluding carboxylic acids is 1. The Kier molecular flexibility index (Phi) is 6.28. The molecular weight excluding hydrogens is 389 g/mol. The molecule has 2 aromatic heterocycles. The van der Waals surface area contributed by atoms with Gasteiger partial charge in [0.25, 0.3) is 11.5 Å². The molecule has 0 saturated heterocycles. The van der Waals surface area contributed by atoms with Gasteiger partial charge in [0.1, 0.15) is 11.4 Å². The predicted octanol–water partition coefficient (Wildman–Crippen LogP) is 1.73. The smallest absolute Gasteiger partial charge is 0.264 e. The Labute approximate surface area is 172 Å². The van der Waals surface area contributed by atoms with Crippen LogP contribution in [0.3, 0.4) is 0 Å². The summed E-state index contributed by atoms with van der Waals surface area (Å²) in [6.07, 6.45) is -0.0633. The lowest BCUT2D eigenvalue weighted by Gasteiger charge is -2.18. The summed E-state index contributed by atoms with van der Waals surface area (Å²) in [5.41, 5.74) is 7.16. The zero-order valence-electron chi connectivity index (χ0n) is 16.8. The molecular formula is C22H24FN3O4. The first-order chi connectivity index (χ1) is 14.2. The fraction of sp³-hybridized carbons (Fsp3) is 0.318. The molecule has 0 radical (unpaired) electrons. The lowest BCUT2D eigenvalue weighted by atomic mass is 10.00. The number of aliphatic hydroxyl groups is 2. The van der Waals surface area contributed by atoms with Crippen molar-refractivity contribution in [3.05, 3.63) is 75.0 Å². The third-order valence-electron chi connectivity index (χ3n) is 4.76. The van der Waals surface area contributed by atoms with Crippen molar-refractivity contribution in [2.24, 2.45) is 11.7 Å². The topological polar surface area (TPSA) is 118 Å². The molecule has 0 unspecified atom stereocenters. The van der Waals surface area contributed by atoms with Crippen molar-refractivity contribution in [2.75, 3.05) is 0 Å². The third-order valence-corrected chi connectivity index (χ3v) is 4.76. The summed E-state index contributed by atoms with van der Waals surface area (Å²) in [6.45, 7) is 4.20. The van der Waals surface area contributed by atoms with Gasteiger partial charge in [-0.15, -0.1) is 0 Å². The van der Waals surface area contributed by atoms with Crippen LogP contribution >= 0.6 is 0 Å². The molecule has 1 amide bonds. The van der Waals surface area contributed by atoms with Crippen LogP contribution in [0.4, 0.5) is 4.39 Å². The largest absolute Gasteiger partial charge is 0.368 e. The van der Waals surface area contributed by atoms with Crippen LogP contribution in [-0.4, -0.2) is 32.0 Å². The second-order valence-corrected chi connectivity index (χ2v) is 7.73. The average Bonchev–Trinajstić information content (AvgIpc) is 2.66. The number of rotatable bonds is 7. The molecule has 7 nitrogen and oxygen atoms in total. The van der Waals surface area contributed by atoms with E-state index < -0.39 is 17.8 Å². The molecule has 4 N–H and O–H groups in total. The molecule has 158 valence electrons. The number of benzene rings is 1. The van der Waals surface area contributed by atoms with Crippen molar-refractivity contribution < 1.29 is 19.4 Å². The quantitative estimate of drug-likeness (QED) is 0.510. The Morgan fingerprint density at radius 3 is 2.43 bits per heavy atom. The van der Waals surface area contributed by atoms with Crippen LogP contribution in [0.15, 0.2) is 41.3 Å². The molecule has 0 saturated carbocycles. The van der Waals surface area contributed by atoms with Gasteiger partial charge < -0.3 is 20.5 Å². The molecule has 0 aliphatic carbocycles. The van der Waals surface area contributed by atoms with Crippen molar-refractivity contribution >= 4 is 16.9 Å². The van der Waals surface area contributed by atoms with Crippen LogP contribution in [-0.2, 0) is 19.4 Å². The number of hydrogen-bond donors (Lipinski definition) is 3. The molecule has 0 bridgehead atoms. The highest BCUT2D eigenvalue weighted by atomic mass is 19.1. The first-order valence-corrected chi connectivity index (χ1v) is 9.62. The first kappa shape index (κ1) is 21.6. The summed E-state index contributed by atoms with van der Waals surface area (Å²) >= 11 is 0. The van der Waals surface area contributed by atoms with E-state index in [4.69, 9.17) is 5.73 Å². The lowest BCUT2D eigenvalue weighted by molar-refractivity contribution is -0.0380. The number of carbonyl (C=O) groups is 1. The molecule has 3 rings (SSSR count). The SMILES string of the molecule is CC(C)Cn1c(=O)c(C(N)=O)c(CC(O)O)c2ncc(Cc3ccc(F)cc3)cc21. The predicted molar refractivity (Wildman–Crippen MR) is 110 cm³/mol. The first-order valence-electron chi connectivity index (χ1n) is 9.62. The molecule has 0 atom stereocenters. The van der Waals surface area contributed by atoms with Crippen LogP contribution in [0.1, 0.15) is 40.9 Å². The van der Waals surface area contributed by atoms with E-state index in [0.717, 1.165) is 11.1 Å². The van der Waals surface area contributed by atoms with E-state index in [0.29, 0.717) is 24.0 Å². The van der Waals surface area contributed by atoms with E-state index in [1.165, 1.54) is 16.7 Å². The van der Waals surface area contributed by atoms with Crippen LogP contribution in [0.25, 0.3) is 11.0 Å². The lowest BCUT2D eigenvalue weighted by Crippen LogP contribution is -2.34. The van der Waals surface area contributed by atoms with Crippen molar-refractivity contribution in [3.8, 4) is 0 Å². The molecule has 2 heterocycles. The fourth-order valence-electron chi connectivity index (χ4n) is 3.54. The number of fused-ring (bicyclic) bond motifs is 1. The Balaban J connectivity index is 2.25. The van der Waals surface area contributed by atoms with E-state index in [-0.39, 0.29) is 29.3 Å². The zero-order chi connectivity index (χ0) is 22.0. The Morgan fingerprint density at radius 2 is 1.87 bits per heavy atom. The number of primary amides is 1. The number of halogens is 1. The second-order valence-electron chi connectivity index (χ2n) is 7.73. The molecule has 0 aliphatic heterocycles. The molecule has 3 aromatic rings. The van der Waals surface area contributed by atoms with Gasteiger partial charge in [0, 0.05) is 24.7 Å². The normalized spacial score (nSPS) is 11.6. The maximum absolute atomic E-state index is 13.2. The van der Waals surface area contributed by atoms with E-state index in [2.05, 4.69) is 4.98 Å². The highest BCUT2D eigenvalue weighted by molar-refractivity contribution is 5.98. The van der Waals surface area contributed by atoms with Crippen molar-refractivity contribution in [2.45, 2.75) is 39.5 Å². The molecule has 0 fully saturated rings. The number of pyridine rings is 2. The Hall–Kier alpha value is -3.10. The molecule has 1 aromatic carbocycles. The van der Waals surface area contributed by atoms with Gasteiger partial charge in [0.15, 0.2) is 6.29 Å². The van der Waals surface area contributed by atoms with Crippen molar-refractivity contribution in [1.29, 1.82) is 0 Å². The summed E-state index contributed by atoms with van der Waals surface area (Å²) in [5.74, 6) is -1.17. The average molecular weight is 413 g/mol. The van der Waals surface area contributed by atoms with Crippen molar-refractivity contribution in [3.63, 3.8) is 0 Å².